The van der Waals surface area contributed by atoms with Gasteiger partial charge in [0.2, 0.25) is 0 Å². The molecule has 0 atom stereocenters. The third kappa shape index (κ3) is 1.54. The van der Waals surface area contributed by atoms with Crippen molar-refractivity contribution in [2.45, 2.75) is 0 Å². The number of nitrogens with one attached hydrogen (secondary N) is 2. The molecule has 2 aliphatic rings. The third-order valence-electron chi connectivity index (χ3n) is 1.42. The van der Waals surface area contributed by atoms with Crippen LogP contribution in [0.25, 0.3) is 0 Å². The van der Waals surface area contributed by atoms with E-state index in [4.69, 9.17) is 0 Å². The van der Waals surface area contributed by atoms with E-state index in [0.29, 0.717) is 0 Å². The maximum atomic E-state index is 3.10. The second kappa shape index (κ2) is 2.96. The molecule has 0 spiro atoms. The van der Waals surface area contributed by atoms with Crippen molar-refractivity contribution in [3.63, 3.8) is 0 Å². The van der Waals surface area contributed by atoms with E-state index in [2.05, 4.69) is 19.2 Å². The summed E-state index contributed by atoms with van der Waals surface area (Å²) in [6.45, 7) is 1.77. The summed E-state index contributed by atoms with van der Waals surface area (Å²) in [5.74, 6) is 0. The van der Waals surface area contributed by atoms with Crippen molar-refractivity contribution in [2.24, 2.45) is 0 Å². The Bertz CT molecular complexity index is 171. The van der Waals surface area contributed by atoms with Gasteiger partial charge in [-0.25, -0.2) is 0 Å². The molecule has 0 aromatic rings. The molecular weight excluding hydrogens is 160 g/mol. The van der Waals surface area contributed by atoms with Gasteiger partial charge in [-0.3, -0.25) is 8.61 Å². The van der Waals surface area contributed by atoms with Crippen LogP contribution in [0.5, 0.6) is 0 Å². The molecule has 11 heavy (non-hydrogen) atoms. The van der Waals surface area contributed by atoms with Crippen molar-refractivity contribution in [1.29, 1.82) is 0 Å². The molecule has 2 heterocycles. The van der Waals surface area contributed by atoms with Crippen LogP contribution in [0.4, 0.5) is 0 Å². The molecule has 0 radical (unpaired) electrons. The summed E-state index contributed by atoms with van der Waals surface area (Å²) in [4.78, 5) is 0. The molecule has 0 bridgehead atoms. The van der Waals surface area contributed by atoms with Gasteiger partial charge in [0, 0.05) is 24.8 Å². The molecule has 4 nitrogen and oxygen atoms in total. The lowest BCUT2D eigenvalue weighted by Gasteiger charge is -2.19. The average molecular weight is 170 g/mol. The predicted molar refractivity (Wildman–Crippen MR) is 45.6 cm³/mol. The molecule has 2 aliphatic heterocycles. The fraction of sp³-hybridized carbons (Fsp3) is 0.333. The van der Waals surface area contributed by atoms with E-state index in [-0.39, 0.29) is 0 Å². The van der Waals surface area contributed by atoms with Crippen molar-refractivity contribution in [3.8, 4) is 0 Å². The molecule has 0 aromatic heterocycles. The van der Waals surface area contributed by atoms with Gasteiger partial charge >= 0.3 is 0 Å². The summed E-state index contributed by atoms with van der Waals surface area (Å²) in [5, 5.41) is 6.20. The van der Waals surface area contributed by atoms with E-state index >= 15 is 0 Å². The second-order valence-corrected chi connectivity index (χ2v) is 3.37. The Morgan fingerprint density at radius 3 is 1.91 bits per heavy atom. The Morgan fingerprint density at radius 2 is 1.55 bits per heavy atom. The van der Waals surface area contributed by atoms with Gasteiger partial charge in [-0.2, -0.15) is 0 Å². The molecule has 0 unspecified atom stereocenters. The third-order valence-corrected chi connectivity index (χ3v) is 2.34. The Kier molecular flexibility index (Phi) is 1.81. The van der Waals surface area contributed by atoms with Crippen LogP contribution in [0.1, 0.15) is 0 Å². The number of nitrogens with zero attached hydrogens (tertiary/aromatic N) is 2. The first kappa shape index (κ1) is 6.72. The van der Waals surface area contributed by atoms with Crippen molar-refractivity contribution >= 4 is 12.1 Å². The summed E-state index contributed by atoms with van der Waals surface area (Å²) in [7, 11) is 0. The zero-order valence-electron chi connectivity index (χ0n) is 6.03. The minimum absolute atomic E-state index is 0.884. The van der Waals surface area contributed by atoms with Crippen LogP contribution in [-0.2, 0) is 0 Å². The summed E-state index contributed by atoms with van der Waals surface area (Å²) in [6, 6.07) is 0. The Hall–Kier alpha value is -0.970. The molecule has 5 heteroatoms. The van der Waals surface area contributed by atoms with Gasteiger partial charge in [0.15, 0.2) is 0 Å². The number of rotatable bonds is 2. The van der Waals surface area contributed by atoms with Gasteiger partial charge in [0.25, 0.3) is 0 Å². The molecule has 0 saturated heterocycles. The van der Waals surface area contributed by atoms with Crippen LogP contribution in [0.15, 0.2) is 24.8 Å². The molecule has 2 rings (SSSR count). The highest BCUT2D eigenvalue weighted by atomic mass is 32.2. The van der Waals surface area contributed by atoms with E-state index in [1.165, 1.54) is 0 Å². The van der Waals surface area contributed by atoms with Crippen molar-refractivity contribution < 1.29 is 0 Å². The fourth-order valence-corrected chi connectivity index (χ4v) is 1.67. The normalized spacial score (nSPS) is 20.7. The van der Waals surface area contributed by atoms with Crippen LogP contribution < -0.4 is 10.6 Å². The zero-order valence-corrected chi connectivity index (χ0v) is 6.84. The second-order valence-electron chi connectivity index (χ2n) is 2.27. The highest BCUT2D eigenvalue weighted by molar-refractivity contribution is 7.94. The van der Waals surface area contributed by atoms with Crippen LogP contribution in [0.3, 0.4) is 0 Å². The maximum Gasteiger partial charge on any atom is 0.0991 e. The Morgan fingerprint density at radius 1 is 1.00 bits per heavy atom. The summed E-state index contributed by atoms with van der Waals surface area (Å²) < 4.78 is 4.24. The monoisotopic (exact) mass is 170 g/mol. The SMILES string of the molecule is C1=CN(SN2C=CNC2)CN1. The predicted octanol–water partition coefficient (Wildman–Crippen LogP) is 0.217. The molecule has 0 fully saturated rings. The van der Waals surface area contributed by atoms with Gasteiger partial charge in [-0.05, 0) is 0 Å². The van der Waals surface area contributed by atoms with E-state index in [9.17, 15) is 0 Å². The lowest BCUT2D eigenvalue weighted by atomic mass is 11.0. The van der Waals surface area contributed by atoms with Gasteiger partial charge in [0.1, 0.15) is 0 Å². The standard InChI is InChI=1S/C6H10N4S/c1-3-9(5-7-1)11-10-4-2-8-6-10/h1-4,7-8H,5-6H2. The van der Waals surface area contributed by atoms with E-state index < -0.39 is 0 Å². The largest absolute Gasteiger partial charge is 0.372 e. The molecule has 0 aliphatic carbocycles. The lowest BCUT2D eigenvalue weighted by Crippen LogP contribution is -2.21. The van der Waals surface area contributed by atoms with Gasteiger partial charge in [-0.15, -0.1) is 0 Å². The smallest absolute Gasteiger partial charge is 0.0991 e. The topological polar surface area (TPSA) is 30.5 Å². The lowest BCUT2D eigenvalue weighted by molar-refractivity contribution is 0.565. The molecule has 0 amide bonds. The summed E-state index contributed by atoms with van der Waals surface area (Å²) in [6.07, 6.45) is 7.94. The first-order valence-electron chi connectivity index (χ1n) is 3.47. The molecule has 60 valence electrons. The highest BCUT2D eigenvalue weighted by Crippen LogP contribution is 2.18. The van der Waals surface area contributed by atoms with Crippen molar-refractivity contribution in [3.05, 3.63) is 24.8 Å². The zero-order chi connectivity index (χ0) is 7.52. The minimum Gasteiger partial charge on any atom is -0.372 e. The molecule has 2 N–H and O–H groups in total. The maximum absolute atomic E-state index is 3.10. The fourth-order valence-electron chi connectivity index (χ4n) is 0.909. The van der Waals surface area contributed by atoms with E-state index in [0.717, 1.165) is 13.3 Å². The molecular formula is C6H10N4S. The molecule has 0 aromatic carbocycles. The highest BCUT2D eigenvalue weighted by Gasteiger charge is 2.10. The van der Waals surface area contributed by atoms with Crippen LogP contribution in [0, 0.1) is 0 Å². The van der Waals surface area contributed by atoms with Crippen LogP contribution in [0.2, 0.25) is 0 Å². The summed E-state index contributed by atoms with van der Waals surface area (Å²) >= 11 is 1.68. The Labute approximate surface area is 70.2 Å². The summed E-state index contributed by atoms with van der Waals surface area (Å²) in [5.41, 5.74) is 0. The van der Waals surface area contributed by atoms with Crippen molar-refractivity contribution in [1.82, 2.24) is 19.2 Å². The van der Waals surface area contributed by atoms with E-state index in [1.807, 2.05) is 24.8 Å². The van der Waals surface area contributed by atoms with Crippen LogP contribution >= 0.6 is 12.1 Å². The van der Waals surface area contributed by atoms with Gasteiger partial charge < -0.3 is 10.6 Å². The Balaban J connectivity index is 1.80. The molecule has 0 saturated carbocycles. The van der Waals surface area contributed by atoms with Gasteiger partial charge in [-0.1, -0.05) is 0 Å². The number of hydrogen-bond donors (Lipinski definition) is 2. The first-order chi connectivity index (χ1) is 5.45. The van der Waals surface area contributed by atoms with Gasteiger partial charge in [0.05, 0.1) is 25.5 Å². The van der Waals surface area contributed by atoms with Crippen molar-refractivity contribution in [2.75, 3.05) is 13.3 Å². The number of hydrogen-bond acceptors (Lipinski definition) is 5. The average Bonchev–Trinajstić information content (AvgIpc) is 2.60. The first-order valence-corrected chi connectivity index (χ1v) is 4.20. The van der Waals surface area contributed by atoms with Crippen LogP contribution in [-0.4, -0.2) is 21.9 Å². The minimum atomic E-state index is 0.884. The van der Waals surface area contributed by atoms with E-state index in [1.54, 1.807) is 12.1 Å². The quantitative estimate of drug-likeness (QED) is 0.579.